The molecule has 2 rings (SSSR count). The minimum absolute atomic E-state index is 0.385. The number of thiocarbonyl (C=S) groups is 1. The number of methoxy groups -OCH3 is 1. The second-order valence-electron chi connectivity index (χ2n) is 4.29. The zero-order valence-corrected chi connectivity index (χ0v) is 13.7. The lowest BCUT2D eigenvalue weighted by Gasteiger charge is -2.20. The Kier molecular flexibility index (Phi) is 4.62. The standard InChI is InChI=1S/C15H15BrN2OS/c1-18(10-3-6-12(19-2)7-4-10)11-5-8-13(15(17)20)14(16)9-11/h3-9H,1-2H3,(H2,17,20). The molecule has 2 N–H and O–H groups in total. The molecule has 0 unspecified atom stereocenters. The quantitative estimate of drug-likeness (QED) is 0.849. The minimum Gasteiger partial charge on any atom is -0.497 e. The average molecular weight is 351 g/mol. The maximum atomic E-state index is 5.66. The molecule has 0 aromatic heterocycles. The molecule has 0 spiro atoms. The predicted octanol–water partition coefficient (Wildman–Crippen LogP) is 3.86. The number of ether oxygens (including phenoxy) is 1. The molecule has 0 saturated carbocycles. The van der Waals surface area contributed by atoms with Gasteiger partial charge in [0.1, 0.15) is 10.7 Å². The third kappa shape index (κ3) is 3.11. The van der Waals surface area contributed by atoms with Crippen LogP contribution in [0.1, 0.15) is 5.56 Å². The van der Waals surface area contributed by atoms with Crippen molar-refractivity contribution >= 4 is 44.5 Å². The Labute approximate surface area is 132 Å². The van der Waals surface area contributed by atoms with Crippen LogP contribution in [0.25, 0.3) is 0 Å². The van der Waals surface area contributed by atoms with Crippen LogP contribution in [0.3, 0.4) is 0 Å². The molecule has 2 aromatic carbocycles. The third-order valence-electron chi connectivity index (χ3n) is 3.07. The summed E-state index contributed by atoms with van der Waals surface area (Å²) < 4.78 is 6.05. The molecule has 0 atom stereocenters. The number of nitrogens with two attached hydrogens (primary N) is 1. The van der Waals surface area contributed by atoms with Crippen LogP contribution in [0.5, 0.6) is 5.75 Å². The van der Waals surface area contributed by atoms with Crippen molar-refractivity contribution in [3.05, 3.63) is 52.5 Å². The smallest absolute Gasteiger partial charge is 0.119 e. The van der Waals surface area contributed by atoms with Crippen molar-refractivity contribution in [3.8, 4) is 5.75 Å². The van der Waals surface area contributed by atoms with Crippen molar-refractivity contribution in [1.29, 1.82) is 0 Å². The first-order chi connectivity index (χ1) is 9.52. The maximum Gasteiger partial charge on any atom is 0.119 e. The lowest BCUT2D eigenvalue weighted by atomic mass is 10.2. The Balaban J connectivity index is 2.30. The highest BCUT2D eigenvalue weighted by Gasteiger charge is 2.08. The van der Waals surface area contributed by atoms with Crippen molar-refractivity contribution in [2.45, 2.75) is 0 Å². The molecule has 0 aliphatic carbocycles. The van der Waals surface area contributed by atoms with Crippen LogP contribution in [0, 0.1) is 0 Å². The summed E-state index contributed by atoms with van der Waals surface area (Å²) >= 11 is 8.50. The summed E-state index contributed by atoms with van der Waals surface area (Å²) in [7, 11) is 3.66. The highest BCUT2D eigenvalue weighted by molar-refractivity contribution is 9.10. The van der Waals surface area contributed by atoms with Crippen LogP contribution in [-0.4, -0.2) is 19.1 Å². The Morgan fingerprint density at radius 3 is 2.25 bits per heavy atom. The van der Waals surface area contributed by atoms with Crippen molar-refractivity contribution in [2.24, 2.45) is 5.73 Å². The van der Waals surface area contributed by atoms with Crippen molar-refractivity contribution in [2.75, 3.05) is 19.1 Å². The van der Waals surface area contributed by atoms with Gasteiger partial charge < -0.3 is 15.4 Å². The number of hydrogen-bond donors (Lipinski definition) is 1. The summed E-state index contributed by atoms with van der Waals surface area (Å²) in [6, 6.07) is 13.8. The van der Waals surface area contributed by atoms with Gasteiger partial charge in [-0.15, -0.1) is 0 Å². The number of rotatable bonds is 4. The van der Waals surface area contributed by atoms with Crippen LogP contribution in [0.15, 0.2) is 46.9 Å². The Bertz CT molecular complexity index is 628. The zero-order chi connectivity index (χ0) is 14.7. The second-order valence-corrected chi connectivity index (χ2v) is 5.58. The van der Waals surface area contributed by atoms with Gasteiger partial charge in [0.2, 0.25) is 0 Å². The average Bonchev–Trinajstić information content (AvgIpc) is 2.46. The Morgan fingerprint density at radius 2 is 1.75 bits per heavy atom. The van der Waals surface area contributed by atoms with E-state index in [2.05, 4.69) is 20.8 Å². The summed E-state index contributed by atoms with van der Waals surface area (Å²) in [6.45, 7) is 0. The molecule has 20 heavy (non-hydrogen) atoms. The third-order valence-corrected chi connectivity index (χ3v) is 3.94. The van der Waals surface area contributed by atoms with Gasteiger partial charge in [-0.3, -0.25) is 0 Å². The fraction of sp³-hybridized carbons (Fsp3) is 0.133. The topological polar surface area (TPSA) is 38.5 Å². The lowest BCUT2D eigenvalue weighted by molar-refractivity contribution is 0.415. The molecule has 0 saturated heterocycles. The van der Waals surface area contributed by atoms with Crippen molar-refractivity contribution in [3.63, 3.8) is 0 Å². The fourth-order valence-electron chi connectivity index (χ4n) is 1.87. The molecule has 104 valence electrons. The molecule has 0 bridgehead atoms. The number of anilines is 2. The molecule has 3 nitrogen and oxygen atoms in total. The van der Waals surface area contributed by atoms with E-state index in [0.717, 1.165) is 27.2 Å². The van der Waals surface area contributed by atoms with Gasteiger partial charge in [-0.2, -0.15) is 0 Å². The summed E-state index contributed by atoms with van der Waals surface area (Å²) in [5.41, 5.74) is 8.61. The van der Waals surface area contributed by atoms with E-state index in [1.165, 1.54) is 0 Å². The minimum atomic E-state index is 0.385. The highest BCUT2D eigenvalue weighted by atomic mass is 79.9. The summed E-state index contributed by atoms with van der Waals surface area (Å²) in [5.74, 6) is 0.840. The van der Waals surface area contributed by atoms with E-state index >= 15 is 0 Å². The zero-order valence-electron chi connectivity index (χ0n) is 11.3. The molecule has 2 aromatic rings. The first kappa shape index (κ1) is 14.8. The van der Waals surface area contributed by atoms with E-state index in [9.17, 15) is 0 Å². The van der Waals surface area contributed by atoms with Gasteiger partial charge in [0.25, 0.3) is 0 Å². The normalized spacial score (nSPS) is 10.2. The van der Waals surface area contributed by atoms with Gasteiger partial charge in [-0.05, 0) is 58.4 Å². The summed E-state index contributed by atoms with van der Waals surface area (Å²) in [5, 5.41) is 0. The second kappa shape index (κ2) is 6.24. The first-order valence-corrected chi connectivity index (χ1v) is 7.20. The van der Waals surface area contributed by atoms with Gasteiger partial charge in [-0.1, -0.05) is 12.2 Å². The molecular weight excluding hydrogens is 336 g/mol. The van der Waals surface area contributed by atoms with E-state index in [1.807, 2.05) is 49.5 Å². The summed E-state index contributed by atoms with van der Waals surface area (Å²) in [4.78, 5) is 2.46. The van der Waals surface area contributed by atoms with Crippen LogP contribution in [-0.2, 0) is 0 Å². The Hall–Kier alpha value is -1.59. The molecule has 0 heterocycles. The number of nitrogens with zero attached hydrogens (tertiary/aromatic N) is 1. The van der Waals surface area contributed by atoms with E-state index in [-0.39, 0.29) is 0 Å². The lowest BCUT2D eigenvalue weighted by Crippen LogP contribution is -2.12. The number of benzene rings is 2. The van der Waals surface area contributed by atoms with Crippen molar-refractivity contribution < 1.29 is 4.74 Å². The van der Waals surface area contributed by atoms with Gasteiger partial charge >= 0.3 is 0 Å². The van der Waals surface area contributed by atoms with Gasteiger partial charge in [0.15, 0.2) is 0 Å². The monoisotopic (exact) mass is 350 g/mol. The van der Waals surface area contributed by atoms with Gasteiger partial charge in [0, 0.05) is 28.5 Å². The molecule has 0 aliphatic rings. The van der Waals surface area contributed by atoms with E-state index in [4.69, 9.17) is 22.7 Å². The largest absolute Gasteiger partial charge is 0.497 e. The van der Waals surface area contributed by atoms with Crippen LogP contribution >= 0.6 is 28.1 Å². The molecular formula is C15H15BrN2OS. The SMILES string of the molecule is COc1ccc(N(C)c2ccc(C(N)=S)c(Br)c2)cc1. The van der Waals surface area contributed by atoms with Crippen LogP contribution < -0.4 is 15.4 Å². The van der Waals surface area contributed by atoms with Gasteiger partial charge in [-0.25, -0.2) is 0 Å². The van der Waals surface area contributed by atoms with Gasteiger partial charge in [0.05, 0.1) is 7.11 Å². The van der Waals surface area contributed by atoms with E-state index < -0.39 is 0 Å². The van der Waals surface area contributed by atoms with Crippen LogP contribution in [0.2, 0.25) is 0 Å². The van der Waals surface area contributed by atoms with E-state index in [1.54, 1.807) is 7.11 Å². The van der Waals surface area contributed by atoms with Crippen LogP contribution in [0.4, 0.5) is 11.4 Å². The van der Waals surface area contributed by atoms with E-state index in [0.29, 0.717) is 4.99 Å². The molecule has 0 amide bonds. The number of hydrogen-bond acceptors (Lipinski definition) is 3. The maximum absolute atomic E-state index is 5.66. The summed E-state index contributed by atoms with van der Waals surface area (Å²) in [6.07, 6.45) is 0. The molecule has 5 heteroatoms. The number of halogens is 1. The predicted molar refractivity (Wildman–Crippen MR) is 91.1 cm³/mol. The first-order valence-electron chi connectivity index (χ1n) is 6.00. The highest BCUT2D eigenvalue weighted by Crippen LogP contribution is 2.29. The fourth-order valence-corrected chi connectivity index (χ4v) is 2.76. The van der Waals surface area contributed by atoms with Crippen molar-refractivity contribution in [1.82, 2.24) is 0 Å². The Morgan fingerprint density at radius 1 is 1.15 bits per heavy atom. The molecule has 0 fully saturated rings. The molecule has 0 radical (unpaired) electrons. The molecule has 0 aliphatic heterocycles.